The van der Waals surface area contributed by atoms with Crippen LogP contribution in [0.15, 0.2) is 73.1 Å². The Labute approximate surface area is 213 Å². The summed E-state index contributed by atoms with van der Waals surface area (Å²) in [5.41, 5.74) is 2.10. The number of anilines is 1. The molecule has 0 aliphatic rings. The molecule has 9 heteroatoms. The number of hydrogen-bond donors (Lipinski definition) is 1. The van der Waals surface area contributed by atoms with E-state index in [1.165, 1.54) is 6.92 Å². The molecule has 0 unspecified atom stereocenters. The molecule has 4 rings (SSSR count). The third kappa shape index (κ3) is 6.28. The molecule has 0 fully saturated rings. The van der Waals surface area contributed by atoms with Gasteiger partial charge in [-0.25, -0.2) is 9.97 Å². The maximum Gasteiger partial charge on any atom is 0.308 e. The van der Waals surface area contributed by atoms with Crippen molar-refractivity contribution in [1.29, 1.82) is 0 Å². The quantitative estimate of drug-likeness (QED) is 0.252. The van der Waals surface area contributed by atoms with E-state index in [-0.39, 0.29) is 22.9 Å². The number of carbonyl (C=O) groups is 2. The number of carbonyl (C=O) groups excluding carboxylic acids is 2. The lowest BCUT2D eigenvalue weighted by Gasteiger charge is -2.12. The number of benzene rings is 2. The molecular weight excluding hydrogens is 480 g/mol. The molecule has 1 N–H and O–H groups in total. The number of halogens is 1. The van der Waals surface area contributed by atoms with Crippen LogP contribution in [0.3, 0.4) is 0 Å². The minimum absolute atomic E-state index is 0.0487. The lowest BCUT2D eigenvalue weighted by molar-refractivity contribution is -0.131. The second-order valence-electron chi connectivity index (χ2n) is 8.29. The number of ether oxygens (including phenoxy) is 2. The summed E-state index contributed by atoms with van der Waals surface area (Å²) in [4.78, 5) is 33.0. The highest BCUT2D eigenvalue weighted by Crippen LogP contribution is 2.30. The molecule has 0 bridgehead atoms. The second kappa shape index (κ2) is 11.0. The molecule has 0 spiro atoms. The average molecular weight is 505 g/mol. The summed E-state index contributed by atoms with van der Waals surface area (Å²) < 4.78 is 12.6. The van der Waals surface area contributed by atoms with Crippen molar-refractivity contribution in [3.8, 4) is 17.3 Å². The van der Waals surface area contributed by atoms with E-state index in [1.54, 1.807) is 41.2 Å². The predicted octanol–water partition coefficient (Wildman–Crippen LogP) is 5.48. The maximum absolute atomic E-state index is 12.6. The van der Waals surface area contributed by atoms with Gasteiger partial charge in [-0.1, -0.05) is 23.7 Å². The van der Waals surface area contributed by atoms with Gasteiger partial charge in [-0.3, -0.25) is 9.59 Å². The highest BCUT2D eigenvalue weighted by atomic mass is 35.5. The lowest BCUT2D eigenvalue weighted by Crippen LogP contribution is -2.12. The fourth-order valence-corrected chi connectivity index (χ4v) is 3.69. The third-order valence-electron chi connectivity index (χ3n) is 5.01. The maximum atomic E-state index is 12.6. The molecule has 0 saturated carbocycles. The van der Waals surface area contributed by atoms with Gasteiger partial charge in [0.15, 0.2) is 11.0 Å². The van der Waals surface area contributed by atoms with E-state index >= 15 is 0 Å². The van der Waals surface area contributed by atoms with Crippen LogP contribution >= 0.6 is 11.6 Å². The molecule has 0 saturated heterocycles. The van der Waals surface area contributed by atoms with Crippen molar-refractivity contribution in [2.75, 3.05) is 5.32 Å². The molecule has 0 aliphatic heterocycles. The molecule has 0 atom stereocenters. The minimum Gasteiger partial charge on any atom is -0.491 e. The summed E-state index contributed by atoms with van der Waals surface area (Å²) in [6.07, 6.45) is 4.01. The Morgan fingerprint density at radius 3 is 2.28 bits per heavy atom. The smallest absolute Gasteiger partial charge is 0.308 e. The molecule has 1 amide bonds. The largest absolute Gasteiger partial charge is 0.491 e. The number of esters is 1. The van der Waals surface area contributed by atoms with Crippen LogP contribution < -0.4 is 14.8 Å². The van der Waals surface area contributed by atoms with E-state index in [9.17, 15) is 9.59 Å². The van der Waals surface area contributed by atoms with Gasteiger partial charge in [0.25, 0.3) is 5.91 Å². The first-order valence-corrected chi connectivity index (χ1v) is 11.7. The Hall–Kier alpha value is -4.17. The highest BCUT2D eigenvalue weighted by molar-refractivity contribution is 6.31. The van der Waals surface area contributed by atoms with E-state index < -0.39 is 5.97 Å². The zero-order valence-electron chi connectivity index (χ0n) is 20.1. The molecule has 4 aromatic rings. The second-order valence-corrected chi connectivity index (χ2v) is 8.64. The summed E-state index contributed by atoms with van der Waals surface area (Å²) in [5.74, 6) is 0.921. The van der Waals surface area contributed by atoms with Crippen molar-refractivity contribution in [3.05, 3.63) is 95.2 Å². The van der Waals surface area contributed by atoms with Gasteiger partial charge >= 0.3 is 5.97 Å². The van der Waals surface area contributed by atoms with Crippen LogP contribution in [0.2, 0.25) is 5.15 Å². The van der Waals surface area contributed by atoms with Crippen molar-refractivity contribution in [2.45, 2.75) is 33.3 Å². The van der Waals surface area contributed by atoms with Gasteiger partial charge in [0.1, 0.15) is 11.6 Å². The Bertz CT molecular complexity index is 1350. The van der Waals surface area contributed by atoms with E-state index in [0.29, 0.717) is 35.1 Å². The summed E-state index contributed by atoms with van der Waals surface area (Å²) in [6, 6.07) is 18.0. The van der Waals surface area contributed by atoms with Gasteiger partial charge < -0.3 is 19.4 Å². The standard InChI is InChI=1S/C27H25ClN4O4/c1-17(2)35-22-12-8-20(9-13-22)27(34)29-21-10-6-19(7-11-21)16-23-30-25(28)24(36-18(3)33)26(31-23)32-14-4-5-15-32/h4-15,17H,16H2,1-3H3,(H,29,34). The topological polar surface area (TPSA) is 95.3 Å². The van der Waals surface area contributed by atoms with Crippen LogP contribution in [0, 0.1) is 0 Å². The number of amides is 1. The molecule has 2 aromatic carbocycles. The van der Waals surface area contributed by atoms with Crippen molar-refractivity contribution in [2.24, 2.45) is 0 Å². The predicted molar refractivity (Wildman–Crippen MR) is 137 cm³/mol. The monoisotopic (exact) mass is 504 g/mol. The highest BCUT2D eigenvalue weighted by Gasteiger charge is 2.18. The van der Waals surface area contributed by atoms with Crippen molar-refractivity contribution in [1.82, 2.24) is 14.5 Å². The molecule has 8 nitrogen and oxygen atoms in total. The minimum atomic E-state index is -0.515. The van der Waals surface area contributed by atoms with Crippen molar-refractivity contribution >= 4 is 29.2 Å². The Morgan fingerprint density at radius 1 is 1.00 bits per heavy atom. The molecule has 36 heavy (non-hydrogen) atoms. The first-order chi connectivity index (χ1) is 17.3. The molecular formula is C27H25ClN4O4. The molecule has 184 valence electrons. The molecule has 0 aliphatic carbocycles. The Morgan fingerprint density at radius 2 is 1.67 bits per heavy atom. The zero-order chi connectivity index (χ0) is 25.7. The SMILES string of the molecule is CC(=O)Oc1c(Cl)nc(Cc2ccc(NC(=O)c3ccc(OC(C)C)cc3)cc2)nc1-n1cccc1. The number of rotatable bonds is 8. The van der Waals surface area contributed by atoms with Crippen LogP contribution in [0.25, 0.3) is 5.82 Å². The summed E-state index contributed by atoms with van der Waals surface area (Å²) in [5, 5.41) is 2.94. The van der Waals surface area contributed by atoms with E-state index in [1.807, 2.05) is 50.2 Å². The molecule has 2 aromatic heterocycles. The van der Waals surface area contributed by atoms with Gasteiger partial charge in [0, 0.05) is 37.0 Å². The van der Waals surface area contributed by atoms with Gasteiger partial charge in [-0.2, -0.15) is 0 Å². The summed E-state index contributed by atoms with van der Waals surface area (Å²) in [6.45, 7) is 5.19. The Balaban J connectivity index is 1.47. The molecule has 0 radical (unpaired) electrons. The van der Waals surface area contributed by atoms with Crippen LogP contribution in [0.1, 0.15) is 42.5 Å². The zero-order valence-corrected chi connectivity index (χ0v) is 20.8. The number of hydrogen-bond acceptors (Lipinski definition) is 6. The fraction of sp³-hybridized carbons (Fsp3) is 0.185. The number of aromatic nitrogens is 3. The first kappa shape index (κ1) is 24.9. The van der Waals surface area contributed by atoms with Gasteiger partial charge in [-0.15, -0.1) is 0 Å². The van der Waals surface area contributed by atoms with Crippen LogP contribution in [-0.2, 0) is 11.2 Å². The van der Waals surface area contributed by atoms with Gasteiger partial charge in [0.05, 0.1) is 6.10 Å². The van der Waals surface area contributed by atoms with E-state index in [0.717, 1.165) is 5.56 Å². The van der Waals surface area contributed by atoms with E-state index in [4.69, 9.17) is 21.1 Å². The normalized spacial score (nSPS) is 10.8. The van der Waals surface area contributed by atoms with Crippen molar-refractivity contribution < 1.29 is 19.1 Å². The number of nitrogens with one attached hydrogen (secondary N) is 1. The average Bonchev–Trinajstić information content (AvgIpc) is 3.36. The van der Waals surface area contributed by atoms with Gasteiger partial charge in [-0.05, 0) is 67.9 Å². The first-order valence-electron chi connectivity index (χ1n) is 11.3. The lowest BCUT2D eigenvalue weighted by atomic mass is 10.1. The summed E-state index contributed by atoms with van der Waals surface area (Å²) >= 11 is 6.34. The van der Waals surface area contributed by atoms with Crippen LogP contribution in [-0.4, -0.2) is 32.5 Å². The van der Waals surface area contributed by atoms with Gasteiger partial charge in [0.2, 0.25) is 5.75 Å². The van der Waals surface area contributed by atoms with Crippen molar-refractivity contribution in [3.63, 3.8) is 0 Å². The van der Waals surface area contributed by atoms with Crippen LogP contribution in [0.4, 0.5) is 5.69 Å². The Kier molecular flexibility index (Phi) is 7.65. The third-order valence-corrected chi connectivity index (χ3v) is 5.27. The van der Waals surface area contributed by atoms with Crippen LogP contribution in [0.5, 0.6) is 11.5 Å². The van der Waals surface area contributed by atoms with E-state index in [2.05, 4.69) is 15.3 Å². The summed E-state index contributed by atoms with van der Waals surface area (Å²) in [7, 11) is 0. The number of nitrogens with zero attached hydrogens (tertiary/aromatic N) is 3. The molecule has 2 heterocycles. The fourth-order valence-electron chi connectivity index (χ4n) is 3.46.